The predicted octanol–water partition coefficient (Wildman–Crippen LogP) is 5.10. The van der Waals surface area contributed by atoms with Crippen molar-refractivity contribution in [3.8, 4) is 5.69 Å². The minimum atomic E-state index is -0.527. The molecule has 0 unspecified atom stereocenters. The lowest BCUT2D eigenvalue weighted by molar-refractivity contribution is -0.118. The summed E-state index contributed by atoms with van der Waals surface area (Å²) < 4.78 is 28.8. The number of thiophene rings is 1. The van der Waals surface area contributed by atoms with E-state index < -0.39 is 11.6 Å². The standard InChI is InChI=1S/C22H16ClF2N3O2S2/c1-12-8-14(24)3-5-18(12)28-21(30)20-17(6-7-31-20)27-22(28)32-11-19(29)26-10-13-2-4-16(25)15(23)9-13/h2-9H,10-11H2,1H3,(H,26,29). The van der Waals surface area contributed by atoms with E-state index in [9.17, 15) is 18.4 Å². The normalized spacial score (nSPS) is 11.1. The number of amides is 1. The summed E-state index contributed by atoms with van der Waals surface area (Å²) in [5.74, 6) is -1.23. The smallest absolute Gasteiger partial charge is 0.276 e. The Morgan fingerprint density at radius 1 is 1.22 bits per heavy atom. The average molecular weight is 492 g/mol. The quantitative estimate of drug-likeness (QED) is 0.301. The fourth-order valence-corrected chi connectivity index (χ4v) is 4.90. The van der Waals surface area contributed by atoms with Crippen molar-refractivity contribution >= 4 is 50.8 Å². The first-order valence-electron chi connectivity index (χ1n) is 9.43. The first-order chi connectivity index (χ1) is 15.3. The summed E-state index contributed by atoms with van der Waals surface area (Å²) in [6.45, 7) is 1.89. The van der Waals surface area contributed by atoms with Gasteiger partial charge in [0.25, 0.3) is 5.56 Å². The van der Waals surface area contributed by atoms with E-state index in [1.54, 1.807) is 18.4 Å². The highest BCUT2D eigenvalue weighted by atomic mass is 35.5. The summed E-state index contributed by atoms with van der Waals surface area (Å²) >= 11 is 8.14. The molecule has 0 aliphatic heterocycles. The van der Waals surface area contributed by atoms with E-state index in [1.807, 2.05) is 0 Å². The van der Waals surface area contributed by atoms with Crippen LogP contribution in [0.25, 0.3) is 15.9 Å². The van der Waals surface area contributed by atoms with E-state index >= 15 is 0 Å². The van der Waals surface area contributed by atoms with Gasteiger partial charge in [-0.2, -0.15) is 0 Å². The largest absolute Gasteiger partial charge is 0.351 e. The molecule has 32 heavy (non-hydrogen) atoms. The van der Waals surface area contributed by atoms with Gasteiger partial charge in [0.1, 0.15) is 16.3 Å². The van der Waals surface area contributed by atoms with Crippen molar-refractivity contribution in [3.05, 3.63) is 86.0 Å². The molecule has 1 N–H and O–H groups in total. The zero-order valence-electron chi connectivity index (χ0n) is 16.7. The number of rotatable bonds is 6. The average Bonchev–Trinajstić information content (AvgIpc) is 3.23. The number of fused-ring (bicyclic) bond motifs is 1. The topological polar surface area (TPSA) is 64.0 Å². The third-order valence-electron chi connectivity index (χ3n) is 4.65. The summed E-state index contributed by atoms with van der Waals surface area (Å²) in [7, 11) is 0. The van der Waals surface area contributed by atoms with Crippen molar-refractivity contribution in [2.24, 2.45) is 0 Å². The van der Waals surface area contributed by atoms with Gasteiger partial charge >= 0.3 is 0 Å². The fourth-order valence-electron chi connectivity index (χ4n) is 3.10. The number of carbonyl (C=O) groups is 1. The molecule has 0 spiro atoms. The molecule has 2 aromatic heterocycles. The highest BCUT2D eigenvalue weighted by Crippen LogP contribution is 2.25. The Balaban J connectivity index is 1.57. The summed E-state index contributed by atoms with van der Waals surface area (Å²) in [5.41, 5.74) is 2.00. The molecule has 2 aromatic carbocycles. The minimum absolute atomic E-state index is 0.00273. The van der Waals surface area contributed by atoms with Crippen LogP contribution >= 0.6 is 34.7 Å². The zero-order chi connectivity index (χ0) is 22.8. The SMILES string of the molecule is Cc1cc(F)ccc1-n1c(SCC(=O)NCc2ccc(F)c(Cl)c2)nc2ccsc2c1=O. The second-order valence-corrected chi connectivity index (χ2v) is 9.18. The van der Waals surface area contributed by atoms with Crippen molar-refractivity contribution in [2.45, 2.75) is 18.6 Å². The van der Waals surface area contributed by atoms with Crippen LogP contribution in [0.1, 0.15) is 11.1 Å². The van der Waals surface area contributed by atoms with Crippen LogP contribution in [0.5, 0.6) is 0 Å². The molecule has 4 aromatic rings. The van der Waals surface area contributed by atoms with E-state index in [2.05, 4.69) is 10.3 Å². The molecule has 0 aliphatic carbocycles. The highest BCUT2D eigenvalue weighted by Gasteiger charge is 2.17. The third-order valence-corrected chi connectivity index (χ3v) is 6.77. The maximum absolute atomic E-state index is 13.6. The Morgan fingerprint density at radius 2 is 2.03 bits per heavy atom. The number of hydrogen-bond donors (Lipinski definition) is 1. The summed E-state index contributed by atoms with van der Waals surface area (Å²) in [6.07, 6.45) is 0. The first kappa shape index (κ1) is 22.4. The van der Waals surface area contributed by atoms with Crippen LogP contribution in [0.15, 0.2) is 57.8 Å². The van der Waals surface area contributed by atoms with E-state index in [-0.39, 0.29) is 28.8 Å². The van der Waals surface area contributed by atoms with Crippen LogP contribution in [0.4, 0.5) is 8.78 Å². The van der Waals surface area contributed by atoms with Gasteiger partial charge in [0.2, 0.25) is 5.91 Å². The molecule has 5 nitrogen and oxygen atoms in total. The molecule has 10 heteroatoms. The number of hydrogen-bond acceptors (Lipinski definition) is 5. The lowest BCUT2D eigenvalue weighted by Crippen LogP contribution is -2.26. The van der Waals surface area contributed by atoms with Crippen LogP contribution < -0.4 is 10.9 Å². The Bertz CT molecular complexity index is 1390. The number of nitrogens with zero attached hydrogens (tertiary/aromatic N) is 2. The molecule has 0 saturated carbocycles. The molecule has 4 rings (SSSR count). The van der Waals surface area contributed by atoms with E-state index in [4.69, 9.17) is 11.6 Å². The van der Waals surface area contributed by atoms with Gasteiger partial charge in [0.05, 0.1) is 22.0 Å². The van der Waals surface area contributed by atoms with Gasteiger partial charge in [0.15, 0.2) is 5.16 Å². The summed E-state index contributed by atoms with van der Waals surface area (Å²) in [5, 5.41) is 4.82. The molecular weight excluding hydrogens is 476 g/mol. The van der Waals surface area contributed by atoms with Crippen molar-refractivity contribution in [1.82, 2.24) is 14.9 Å². The number of benzene rings is 2. The number of thioether (sulfide) groups is 1. The molecule has 0 saturated heterocycles. The van der Waals surface area contributed by atoms with E-state index in [0.29, 0.717) is 32.2 Å². The van der Waals surface area contributed by atoms with Crippen LogP contribution in [0, 0.1) is 18.6 Å². The Morgan fingerprint density at radius 3 is 2.78 bits per heavy atom. The number of nitrogens with one attached hydrogen (secondary N) is 1. The second kappa shape index (κ2) is 9.40. The van der Waals surface area contributed by atoms with Crippen molar-refractivity contribution < 1.29 is 13.6 Å². The van der Waals surface area contributed by atoms with Crippen molar-refractivity contribution in [2.75, 3.05) is 5.75 Å². The van der Waals surface area contributed by atoms with Crippen molar-refractivity contribution in [3.63, 3.8) is 0 Å². The van der Waals surface area contributed by atoms with Gasteiger partial charge in [-0.3, -0.25) is 14.2 Å². The number of aromatic nitrogens is 2. The van der Waals surface area contributed by atoms with Crippen LogP contribution in [-0.4, -0.2) is 21.2 Å². The molecule has 164 valence electrons. The molecular formula is C22H16ClF2N3O2S2. The van der Waals surface area contributed by atoms with Crippen molar-refractivity contribution in [1.29, 1.82) is 0 Å². The van der Waals surface area contributed by atoms with Crippen LogP contribution in [0.3, 0.4) is 0 Å². The summed E-state index contributed by atoms with van der Waals surface area (Å²) in [6, 6.07) is 10.1. The Labute approximate surface area is 195 Å². The number of aryl methyl sites for hydroxylation is 1. The molecule has 0 bridgehead atoms. The maximum atomic E-state index is 13.6. The monoisotopic (exact) mass is 491 g/mol. The minimum Gasteiger partial charge on any atom is -0.351 e. The van der Waals surface area contributed by atoms with Crippen LogP contribution in [-0.2, 0) is 11.3 Å². The van der Waals surface area contributed by atoms with E-state index in [1.165, 1.54) is 52.3 Å². The molecule has 0 atom stereocenters. The third kappa shape index (κ3) is 4.69. The van der Waals surface area contributed by atoms with Gasteiger partial charge in [-0.25, -0.2) is 13.8 Å². The first-order valence-corrected chi connectivity index (χ1v) is 11.7. The number of carbonyl (C=O) groups excluding carboxylic acids is 1. The second-order valence-electron chi connectivity index (χ2n) is 6.91. The Hall–Kier alpha value is -2.75. The van der Waals surface area contributed by atoms with Gasteiger partial charge in [-0.1, -0.05) is 29.4 Å². The van der Waals surface area contributed by atoms with Crippen LogP contribution in [0.2, 0.25) is 5.02 Å². The molecule has 0 aliphatic rings. The maximum Gasteiger partial charge on any atom is 0.276 e. The lowest BCUT2D eigenvalue weighted by Gasteiger charge is -2.14. The molecule has 0 fully saturated rings. The Kier molecular flexibility index (Phi) is 6.59. The van der Waals surface area contributed by atoms with Gasteiger partial charge in [0, 0.05) is 6.54 Å². The lowest BCUT2D eigenvalue weighted by atomic mass is 10.2. The zero-order valence-corrected chi connectivity index (χ0v) is 19.1. The van der Waals surface area contributed by atoms with E-state index in [0.717, 1.165) is 11.8 Å². The van der Waals surface area contributed by atoms with Gasteiger partial charge in [-0.15, -0.1) is 11.3 Å². The predicted molar refractivity (Wildman–Crippen MR) is 124 cm³/mol. The molecule has 1 amide bonds. The molecule has 2 heterocycles. The summed E-state index contributed by atoms with van der Waals surface area (Å²) in [4.78, 5) is 30.1. The number of halogens is 3. The fraction of sp³-hybridized carbons (Fsp3) is 0.136. The van der Waals surface area contributed by atoms with Gasteiger partial charge in [-0.05, 0) is 59.8 Å². The van der Waals surface area contributed by atoms with Gasteiger partial charge < -0.3 is 5.32 Å². The highest BCUT2D eigenvalue weighted by molar-refractivity contribution is 7.99. The molecule has 0 radical (unpaired) electrons.